The predicted molar refractivity (Wildman–Crippen MR) is 84.9 cm³/mol. The molecule has 0 amide bonds. The van der Waals surface area contributed by atoms with E-state index in [1.54, 1.807) is 6.07 Å². The number of benzene rings is 2. The highest BCUT2D eigenvalue weighted by atomic mass is 16.6. The van der Waals surface area contributed by atoms with Crippen molar-refractivity contribution >= 4 is 22.1 Å². The first-order chi connectivity index (χ1) is 10.1. The fourth-order valence-corrected chi connectivity index (χ4v) is 3.23. The van der Waals surface area contributed by atoms with Crippen LogP contribution in [0.2, 0.25) is 0 Å². The maximum Gasteiger partial charge on any atom is 0.277 e. The molecule has 1 saturated heterocycles. The van der Waals surface area contributed by atoms with Crippen molar-refractivity contribution in [1.29, 1.82) is 0 Å². The van der Waals surface area contributed by atoms with E-state index in [2.05, 4.69) is 24.1 Å². The standard InChI is InChI=1S/C16H19N3O2/c1-11-9-18(10-12(2)17-11)15-7-8-16(19(20)21)14-6-4-3-5-13(14)15/h3-8,11-12,17H,9-10H2,1-2H3. The van der Waals surface area contributed by atoms with Gasteiger partial charge >= 0.3 is 0 Å². The molecule has 0 spiro atoms. The van der Waals surface area contributed by atoms with Gasteiger partial charge in [0.25, 0.3) is 5.69 Å². The molecule has 0 saturated carbocycles. The number of hydrogen-bond acceptors (Lipinski definition) is 4. The lowest BCUT2D eigenvalue weighted by atomic mass is 10.0. The highest BCUT2D eigenvalue weighted by Gasteiger charge is 2.24. The molecule has 5 nitrogen and oxygen atoms in total. The van der Waals surface area contributed by atoms with Crippen LogP contribution in [0.25, 0.3) is 10.8 Å². The Morgan fingerprint density at radius 3 is 2.33 bits per heavy atom. The minimum Gasteiger partial charge on any atom is -0.368 e. The van der Waals surface area contributed by atoms with E-state index in [1.165, 1.54) is 0 Å². The number of hydrogen-bond donors (Lipinski definition) is 1. The molecular formula is C16H19N3O2. The summed E-state index contributed by atoms with van der Waals surface area (Å²) in [5, 5.41) is 16.4. The lowest BCUT2D eigenvalue weighted by Gasteiger charge is -2.38. The van der Waals surface area contributed by atoms with Gasteiger partial charge < -0.3 is 10.2 Å². The van der Waals surface area contributed by atoms with Crippen LogP contribution in [0.1, 0.15) is 13.8 Å². The number of nitro groups is 1. The van der Waals surface area contributed by atoms with Crippen molar-refractivity contribution in [1.82, 2.24) is 5.32 Å². The molecule has 0 bridgehead atoms. The molecule has 1 heterocycles. The number of nitrogens with zero attached hydrogens (tertiary/aromatic N) is 2. The van der Waals surface area contributed by atoms with Gasteiger partial charge in [0, 0.05) is 42.3 Å². The molecule has 3 rings (SSSR count). The van der Waals surface area contributed by atoms with Gasteiger partial charge in [-0.3, -0.25) is 10.1 Å². The molecule has 0 aromatic heterocycles. The molecule has 1 aliphatic rings. The van der Waals surface area contributed by atoms with E-state index < -0.39 is 0 Å². The van der Waals surface area contributed by atoms with Crippen LogP contribution < -0.4 is 10.2 Å². The van der Waals surface area contributed by atoms with E-state index in [1.807, 2.05) is 30.3 Å². The van der Waals surface area contributed by atoms with Crippen molar-refractivity contribution < 1.29 is 4.92 Å². The fraction of sp³-hybridized carbons (Fsp3) is 0.375. The number of nitro benzene ring substituents is 1. The topological polar surface area (TPSA) is 58.4 Å². The Morgan fingerprint density at radius 1 is 1.10 bits per heavy atom. The zero-order valence-corrected chi connectivity index (χ0v) is 12.2. The maximum absolute atomic E-state index is 11.2. The monoisotopic (exact) mass is 285 g/mol. The van der Waals surface area contributed by atoms with Crippen LogP contribution in [-0.2, 0) is 0 Å². The fourth-order valence-electron chi connectivity index (χ4n) is 3.23. The minimum atomic E-state index is -0.310. The molecule has 110 valence electrons. The second kappa shape index (κ2) is 5.33. The van der Waals surface area contributed by atoms with Gasteiger partial charge in [-0.2, -0.15) is 0 Å². The van der Waals surface area contributed by atoms with Gasteiger partial charge in [-0.1, -0.05) is 18.2 Å². The van der Waals surface area contributed by atoms with Gasteiger partial charge in [-0.25, -0.2) is 0 Å². The average molecular weight is 285 g/mol. The molecule has 2 atom stereocenters. The Kier molecular flexibility index (Phi) is 3.51. The van der Waals surface area contributed by atoms with Gasteiger partial charge in [0.05, 0.1) is 10.3 Å². The first kappa shape index (κ1) is 13.8. The van der Waals surface area contributed by atoms with Crippen LogP contribution in [0.15, 0.2) is 36.4 Å². The summed E-state index contributed by atoms with van der Waals surface area (Å²) in [7, 11) is 0. The highest BCUT2D eigenvalue weighted by Crippen LogP contribution is 2.34. The van der Waals surface area contributed by atoms with Gasteiger partial charge in [0.2, 0.25) is 0 Å². The average Bonchev–Trinajstić information content (AvgIpc) is 2.44. The highest BCUT2D eigenvalue weighted by molar-refractivity contribution is 6.00. The summed E-state index contributed by atoms with van der Waals surface area (Å²) >= 11 is 0. The lowest BCUT2D eigenvalue weighted by Crippen LogP contribution is -2.54. The summed E-state index contributed by atoms with van der Waals surface area (Å²) in [5.41, 5.74) is 1.25. The number of nitrogens with one attached hydrogen (secondary N) is 1. The molecule has 2 unspecified atom stereocenters. The first-order valence-electron chi connectivity index (χ1n) is 7.23. The van der Waals surface area contributed by atoms with Crippen LogP contribution in [0, 0.1) is 10.1 Å². The van der Waals surface area contributed by atoms with E-state index >= 15 is 0 Å². The molecule has 0 aliphatic carbocycles. The second-order valence-electron chi connectivity index (χ2n) is 5.78. The number of fused-ring (bicyclic) bond motifs is 1. The largest absolute Gasteiger partial charge is 0.368 e. The summed E-state index contributed by atoms with van der Waals surface area (Å²) in [5.74, 6) is 0. The molecule has 5 heteroatoms. The molecule has 1 N–H and O–H groups in total. The Balaban J connectivity index is 2.11. The summed E-state index contributed by atoms with van der Waals surface area (Å²) in [6.07, 6.45) is 0. The minimum absolute atomic E-state index is 0.172. The molecule has 21 heavy (non-hydrogen) atoms. The molecule has 1 fully saturated rings. The molecule has 2 aromatic carbocycles. The summed E-state index contributed by atoms with van der Waals surface area (Å²) < 4.78 is 0. The van der Waals surface area contributed by atoms with Gasteiger partial charge in [0.1, 0.15) is 0 Å². The van der Waals surface area contributed by atoms with Crippen molar-refractivity contribution in [3.05, 3.63) is 46.5 Å². The van der Waals surface area contributed by atoms with Crippen molar-refractivity contribution in [2.24, 2.45) is 0 Å². The summed E-state index contributed by atoms with van der Waals surface area (Å²) in [6, 6.07) is 11.9. The Bertz CT molecular complexity index is 676. The van der Waals surface area contributed by atoms with Crippen molar-refractivity contribution in [3.8, 4) is 0 Å². The Hall–Kier alpha value is -2.14. The van der Waals surface area contributed by atoms with Crippen LogP contribution in [0.4, 0.5) is 11.4 Å². The normalized spacial score (nSPS) is 22.5. The van der Waals surface area contributed by atoms with Crippen LogP contribution in [0.3, 0.4) is 0 Å². The van der Waals surface area contributed by atoms with Gasteiger partial charge in [-0.15, -0.1) is 0 Å². The first-order valence-corrected chi connectivity index (χ1v) is 7.23. The van der Waals surface area contributed by atoms with E-state index in [0.717, 1.165) is 24.2 Å². The second-order valence-corrected chi connectivity index (χ2v) is 5.78. The van der Waals surface area contributed by atoms with E-state index in [-0.39, 0.29) is 10.6 Å². The summed E-state index contributed by atoms with van der Waals surface area (Å²) in [6.45, 7) is 6.14. The third kappa shape index (κ3) is 2.56. The third-order valence-electron chi connectivity index (χ3n) is 3.97. The zero-order chi connectivity index (χ0) is 15.0. The van der Waals surface area contributed by atoms with E-state index in [4.69, 9.17) is 0 Å². The Labute approximate surface area is 123 Å². The molecule has 0 radical (unpaired) electrons. The molecular weight excluding hydrogens is 266 g/mol. The van der Waals surface area contributed by atoms with E-state index in [0.29, 0.717) is 17.5 Å². The van der Waals surface area contributed by atoms with Crippen molar-refractivity contribution in [2.75, 3.05) is 18.0 Å². The number of piperazine rings is 1. The Morgan fingerprint density at radius 2 is 1.71 bits per heavy atom. The molecule has 1 aliphatic heterocycles. The lowest BCUT2D eigenvalue weighted by molar-refractivity contribution is -0.383. The number of non-ortho nitro benzene ring substituents is 1. The smallest absolute Gasteiger partial charge is 0.277 e. The van der Waals surface area contributed by atoms with Crippen LogP contribution in [0.5, 0.6) is 0 Å². The predicted octanol–water partition coefficient (Wildman–Crippen LogP) is 2.93. The van der Waals surface area contributed by atoms with E-state index in [9.17, 15) is 10.1 Å². The van der Waals surface area contributed by atoms with Gasteiger partial charge in [0.15, 0.2) is 0 Å². The number of rotatable bonds is 2. The number of anilines is 1. The third-order valence-corrected chi connectivity index (χ3v) is 3.97. The van der Waals surface area contributed by atoms with Crippen molar-refractivity contribution in [2.45, 2.75) is 25.9 Å². The summed E-state index contributed by atoms with van der Waals surface area (Å²) in [4.78, 5) is 13.2. The quantitative estimate of drug-likeness (QED) is 0.681. The van der Waals surface area contributed by atoms with Crippen molar-refractivity contribution in [3.63, 3.8) is 0 Å². The van der Waals surface area contributed by atoms with Crippen LogP contribution >= 0.6 is 0 Å². The maximum atomic E-state index is 11.2. The van der Waals surface area contributed by atoms with Crippen LogP contribution in [-0.4, -0.2) is 30.1 Å². The molecule has 2 aromatic rings. The SMILES string of the molecule is CC1CN(c2ccc([N+](=O)[O-])c3ccccc23)CC(C)N1. The van der Waals surface area contributed by atoms with Gasteiger partial charge in [-0.05, 0) is 26.0 Å². The zero-order valence-electron chi connectivity index (χ0n) is 12.2.